The monoisotopic (exact) mass is 503 g/mol. The van der Waals surface area contributed by atoms with Gasteiger partial charge in [-0.25, -0.2) is 0 Å². The van der Waals surface area contributed by atoms with E-state index in [1.54, 1.807) is 20.0 Å². The number of carbonyl (C=O) groups excluding carboxylic acids is 1. The Morgan fingerprint density at radius 2 is 2.21 bits per heavy atom. The molecule has 4 unspecified atom stereocenters. The van der Waals surface area contributed by atoms with Crippen LogP contribution in [0.2, 0.25) is 4.34 Å². The maximum absolute atomic E-state index is 13.2. The van der Waals surface area contributed by atoms with E-state index < -0.39 is 24.2 Å². The van der Waals surface area contributed by atoms with Crippen LogP contribution < -0.4 is 11.1 Å². The molecule has 4 N–H and O–H groups in total. The number of alkyl halides is 4. The van der Waals surface area contributed by atoms with Gasteiger partial charge in [0.15, 0.2) is 0 Å². The van der Waals surface area contributed by atoms with Crippen molar-refractivity contribution < 1.29 is 23.1 Å². The Hall–Kier alpha value is -0.970. The lowest BCUT2D eigenvalue weighted by atomic mass is 9.83. The van der Waals surface area contributed by atoms with Gasteiger partial charge in [0.25, 0.3) is 0 Å². The van der Waals surface area contributed by atoms with E-state index in [1.807, 2.05) is 0 Å². The van der Waals surface area contributed by atoms with Crippen molar-refractivity contribution in [2.45, 2.75) is 48.8 Å². The molecule has 5 nitrogen and oxygen atoms in total. The van der Waals surface area contributed by atoms with Crippen molar-refractivity contribution >= 4 is 44.8 Å². The first kappa shape index (κ1) is 23.3. The van der Waals surface area contributed by atoms with E-state index in [1.165, 1.54) is 17.5 Å². The summed E-state index contributed by atoms with van der Waals surface area (Å²) in [6.45, 7) is 1.44. The van der Waals surface area contributed by atoms with E-state index in [-0.39, 0.29) is 29.5 Å². The van der Waals surface area contributed by atoms with Crippen molar-refractivity contribution in [2.24, 2.45) is 5.73 Å². The Kier molecular flexibility index (Phi) is 7.69. The number of amides is 1. The van der Waals surface area contributed by atoms with Crippen molar-refractivity contribution in [3.05, 3.63) is 32.7 Å². The van der Waals surface area contributed by atoms with Crippen molar-refractivity contribution in [1.82, 2.24) is 10.2 Å². The molecule has 0 bridgehead atoms. The number of nitrogens with two attached hydrogens (primary N) is 1. The Morgan fingerprint density at radius 1 is 1.57 bits per heavy atom. The van der Waals surface area contributed by atoms with Crippen LogP contribution in [0.15, 0.2) is 18.0 Å². The number of aliphatic hydroxyl groups excluding tert-OH is 1. The van der Waals surface area contributed by atoms with Crippen LogP contribution in [0.25, 0.3) is 0 Å². The topological polar surface area (TPSA) is 78.6 Å². The fourth-order valence-electron chi connectivity index (χ4n) is 3.62. The molecule has 1 aliphatic rings. The summed E-state index contributed by atoms with van der Waals surface area (Å²) >= 11 is 10.9. The molecular weight excluding hydrogens is 483 g/mol. The van der Waals surface area contributed by atoms with Gasteiger partial charge in [0.1, 0.15) is 0 Å². The van der Waals surface area contributed by atoms with Crippen LogP contribution in [0.5, 0.6) is 0 Å². The highest BCUT2D eigenvalue weighted by Gasteiger charge is 2.49. The quantitative estimate of drug-likeness (QED) is 0.532. The van der Waals surface area contributed by atoms with Gasteiger partial charge in [0, 0.05) is 29.9 Å². The third-order valence-electron chi connectivity index (χ3n) is 4.75. The number of carbonyl (C=O) groups is 1. The molecule has 2 rings (SSSR count). The maximum Gasteiger partial charge on any atom is 0.471 e. The number of hydrogen-bond donors (Lipinski definition) is 3. The molecule has 28 heavy (non-hydrogen) atoms. The second-order valence-electron chi connectivity index (χ2n) is 6.70. The molecule has 1 aromatic heterocycles. The van der Waals surface area contributed by atoms with Gasteiger partial charge in [0.2, 0.25) is 0 Å². The fraction of sp³-hybridized carbons (Fsp3) is 0.588. The highest BCUT2D eigenvalue weighted by Crippen LogP contribution is 2.46. The molecular formula is C17H22BrClF3N3O2S. The van der Waals surface area contributed by atoms with Crippen LogP contribution in [0, 0.1) is 0 Å². The Morgan fingerprint density at radius 3 is 2.75 bits per heavy atom. The third kappa shape index (κ3) is 4.95. The number of piperidine rings is 1. The zero-order chi connectivity index (χ0) is 21.2. The average Bonchev–Trinajstić information content (AvgIpc) is 3.01. The summed E-state index contributed by atoms with van der Waals surface area (Å²) in [5, 5.41) is 12.2. The summed E-state index contributed by atoms with van der Waals surface area (Å²) in [6, 6.07) is 0.155. The average molecular weight is 505 g/mol. The first-order chi connectivity index (χ1) is 13.0. The Labute approximate surface area is 178 Å². The van der Waals surface area contributed by atoms with Gasteiger partial charge < -0.3 is 21.1 Å². The summed E-state index contributed by atoms with van der Waals surface area (Å²) in [4.78, 5) is 13.4. The number of hydrogen-bond acceptors (Lipinski definition) is 5. The first-order valence-electron chi connectivity index (χ1n) is 8.57. The van der Waals surface area contributed by atoms with Gasteiger partial charge in [-0.2, -0.15) is 13.2 Å². The summed E-state index contributed by atoms with van der Waals surface area (Å²) in [6.07, 6.45) is -3.01. The number of nitrogens with one attached hydrogen (secondary N) is 1. The van der Waals surface area contributed by atoms with Crippen molar-refractivity contribution in [1.29, 1.82) is 0 Å². The summed E-state index contributed by atoms with van der Waals surface area (Å²) in [5.74, 6) is -2.05. The third-order valence-corrected chi connectivity index (χ3v) is 6.97. The number of halogens is 5. The van der Waals surface area contributed by atoms with Crippen molar-refractivity contribution in [2.75, 3.05) is 13.7 Å². The molecule has 0 aromatic carbocycles. The van der Waals surface area contributed by atoms with Crippen molar-refractivity contribution in [3.63, 3.8) is 0 Å². The second-order valence-corrected chi connectivity index (χ2v) is 9.52. The molecule has 2 heterocycles. The molecule has 11 heteroatoms. The lowest BCUT2D eigenvalue weighted by molar-refractivity contribution is -0.191. The minimum atomic E-state index is -4.98. The van der Waals surface area contributed by atoms with Gasteiger partial charge in [-0.3, -0.25) is 4.79 Å². The lowest BCUT2D eigenvalue weighted by Crippen LogP contribution is -2.56. The fourth-order valence-corrected chi connectivity index (χ4v) is 5.59. The van der Waals surface area contributed by atoms with Crippen LogP contribution in [0.1, 0.15) is 41.0 Å². The minimum Gasteiger partial charge on any atom is -0.399 e. The minimum absolute atomic E-state index is 0.147. The van der Waals surface area contributed by atoms with Crippen LogP contribution in [-0.4, -0.2) is 47.8 Å². The standard InChI is InChI=1S/C17H22BrClF3N3O2S/c1-8-3-9(15-10(11(18)7-26)5-14(19)28-15)4-13(12(23)6-24-2)25(8)16(27)17(20,21)22/h5-6,8-9,11,13,24,26H,3-4,7,23H2,1-2H3/b12-6-. The zero-order valence-corrected chi connectivity index (χ0v) is 18.4. The van der Waals surface area contributed by atoms with Crippen LogP contribution >= 0.6 is 38.9 Å². The van der Waals surface area contributed by atoms with E-state index in [0.29, 0.717) is 10.8 Å². The van der Waals surface area contributed by atoms with Crippen LogP contribution in [0.4, 0.5) is 13.2 Å². The summed E-state index contributed by atoms with van der Waals surface area (Å²) < 4.78 is 40.0. The zero-order valence-electron chi connectivity index (χ0n) is 15.3. The first-order valence-corrected chi connectivity index (χ1v) is 10.7. The molecule has 0 saturated carbocycles. The SMILES string of the molecule is CN/C=C(\N)C1CC(c2sc(Cl)cc2C(Br)CO)CC(C)N1C(=O)C(F)(F)F. The van der Waals surface area contributed by atoms with Gasteiger partial charge in [-0.05, 0) is 37.3 Å². The van der Waals surface area contributed by atoms with Gasteiger partial charge >= 0.3 is 12.1 Å². The summed E-state index contributed by atoms with van der Waals surface area (Å²) in [5.41, 5.74) is 6.98. The van der Waals surface area contributed by atoms with Crippen molar-refractivity contribution in [3.8, 4) is 0 Å². The number of rotatable bonds is 5. The highest BCUT2D eigenvalue weighted by atomic mass is 79.9. The summed E-state index contributed by atoms with van der Waals surface area (Å²) in [7, 11) is 1.58. The predicted molar refractivity (Wildman–Crippen MR) is 108 cm³/mol. The van der Waals surface area contributed by atoms with E-state index in [4.69, 9.17) is 17.3 Å². The number of thiophene rings is 1. The predicted octanol–water partition coefficient (Wildman–Crippen LogP) is 3.87. The molecule has 1 aromatic rings. The lowest BCUT2D eigenvalue weighted by Gasteiger charge is -2.44. The van der Waals surface area contributed by atoms with Gasteiger partial charge in [0.05, 0.1) is 21.8 Å². The number of nitrogens with zero attached hydrogens (tertiary/aromatic N) is 1. The second kappa shape index (κ2) is 9.23. The Bertz CT molecular complexity index is 744. The Balaban J connectivity index is 2.44. The van der Waals surface area contributed by atoms with Crippen LogP contribution in [0.3, 0.4) is 0 Å². The van der Waals surface area contributed by atoms with E-state index >= 15 is 0 Å². The molecule has 1 aliphatic heterocycles. The van der Waals surface area contributed by atoms with E-state index in [2.05, 4.69) is 21.2 Å². The molecule has 0 aliphatic carbocycles. The number of likely N-dealkylation sites (tertiary alicyclic amines) is 1. The van der Waals surface area contributed by atoms with E-state index in [0.717, 1.165) is 15.3 Å². The molecule has 4 atom stereocenters. The van der Waals surface area contributed by atoms with Crippen LogP contribution in [-0.2, 0) is 4.79 Å². The van der Waals surface area contributed by atoms with Gasteiger partial charge in [-0.15, -0.1) is 11.3 Å². The van der Waals surface area contributed by atoms with Gasteiger partial charge in [-0.1, -0.05) is 27.5 Å². The highest BCUT2D eigenvalue weighted by molar-refractivity contribution is 9.09. The number of aliphatic hydroxyl groups is 1. The normalized spacial score (nSPS) is 24.9. The molecule has 0 spiro atoms. The molecule has 158 valence electrons. The molecule has 0 radical (unpaired) electrons. The molecule has 1 amide bonds. The maximum atomic E-state index is 13.2. The largest absolute Gasteiger partial charge is 0.471 e. The molecule has 1 fully saturated rings. The molecule has 1 saturated heterocycles. The van der Waals surface area contributed by atoms with E-state index in [9.17, 15) is 23.1 Å². The smallest absolute Gasteiger partial charge is 0.399 e.